The van der Waals surface area contributed by atoms with Crippen molar-refractivity contribution in [3.05, 3.63) is 39.2 Å². The maximum Gasteiger partial charge on any atom is 0.336 e. The summed E-state index contributed by atoms with van der Waals surface area (Å²) in [6, 6.07) is 2.81. The maximum atomic E-state index is 13.6. The number of hydrogen-bond donors (Lipinski definition) is 1. The zero-order valence-electron chi connectivity index (χ0n) is 10.9. The molecule has 0 aliphatic heterocycles. The summed E-state index contributed by atoms with van der Waals surface area (Å²) in [6.45, 7) is 2.11. The minimum absolute atomic E-state index is 0.262. The molecule has 1 unspecified atom stereocenters. The molecule has 0 bridgehead atoms. The van der Waals surface area contributed by atoms with Crippen LogP contribution in [0.15, 0.2) is 16.6 Å². The van der Waals surface area contributed by atoms with Gasteiger partial charge in [-0.3, -0.25) is 4.98 Å². The fourth-order valence-corrected chi connectivity index (χ4v) is 3.20. The Hall–Kier alpha value is -1.49. The highest BCUT2D eigenvalue weighted by Gasteiger charge is 2.25. The number of halogens is 2. The van der Waals surface area contributed by atoms with Gasteiger partial charge in [-0.15, -0.1) is 0 Å². The number of pyridine rings is 1. The number of nitrogens with zero attached hydrogens (tertiary/aromatic N) is 1. The van der Waals surface area contributed by atoms with E-state index in [-0.39, 0.29) is 10.0 Å². The molecule has 3 nitrogen and oxygen atoms in total. The van der Waals surface area contributed by atoms with Gasteiger partial charge in [-0.2, -0.15) is 0 Å². The van der Waals surface area contributed by atoms with Crippen LogP contribution in [0.2, 0.25) is 0 Å². The third-order valence-electron chi connectivity index (χ3n) is 3.85. The van der Waals surface area contributed by atoms with Crippen LogP contribution in [0.3, 0.4) is 0 Å². The lowest BCUT2D eigenvalue weighted by molar-refractivity contribution is 0.0697. The Kier molecular flexibility index (Phi) is 3.24. The number of aromatic nitrogens is 1. The van der Waals surface area contributed by atoms with E-state index in [1.54, 1.807) is 0 Å². The Bertz CT molecular complexity index is 730. The van der Waals surface area contributed by atoms with Gasteiger partial charge in [0.05, 0.1) is 15.6 Å². The van der Waals surface area contributed by atoms with E-state index in [2.05, 4.69) is 27.8 Å². The number of benzene rings is 1. The van der Waals surface area contributed by atoms with Crippen LogP contribution in [0, 0.1) is 11.7 Å². The summed E-state index contributed by atoms with van der Waals surface area (Å²) >= 11 is 3.11. The first kappa shape index (κ1) is 13.5. The molecule has 0 radical (unpaired) electrons. The molecule has 1 aromatic carbocycles. The van der Waals surface area contributed by atoms with Gasteiger partial charge in [-0.05, 0) is 52.7 Å². The zero-order chi connectivity index (χ0) is 14.4. The summed E-state index contributed by atoms with van der Waals surface area (Å²) in [5, 5.41) is 10.0. The second kappa shape index (κ2) is 4.81. The second-order valence-electron chi connectivity index (χ2n) is 5.35. The molecule has 1 heterocycles. The van der Waals surface area contributed by atoms with E-state index in [4.69, 9.17) is 0 Å². The zero-order valence-corrected chi connectivity index (χ0v) is 12.5. The van der Waals surface area contributed by atoms with Gasteiger partial charge in [0.15, 0.2) is 0 Å². The Morgan fingerprint density at radius 3 is 2.95 bits per heavy atom. The number of hydrogen-bond acceptors (Lipinski definition) is 2. The Labute approximate surface area is 124 Å². The number of aromatic carboxylic acids is 1. The van der Waals surface area contributed by atoms with Crippen LogP contribution in [0.1, 0.15) is 35.0 Å². The highest BCUT2D eigenvalue weighted by molar-refractivity contribution is 9.10. The predicted octanol–water partition coefficient (Wildman–Crippen LogP) is 3.96. The van der Waals surface area contributed by atoms with Crippen molar-refractivity contribution < 1.29 is 14.3 Å². The molecule has 5 heteroatoms. The third-order valence-corrected chi connectivity index (χ3v) is 4.46. The van der Waals surface area contributed by atoms with E-state index in [1.807, 2.05) is 0 Å². The smallest absolute Gasteiger partial charge is 0.336 e. The second-order valence-corrected chi connectivity index (χ2v) is 6.20. The van der Waals surface area contributed by atoms with Crippen LogP contribution in [-0.4, -0.2) is 16.1 Å². The van der Waals surface area contributed by atoms with Crippen LogP contribution in [0.5, 0.6) is 0 Å². The number of carbonyl (C=O) groups is 1. The van der Waals surface area contributed by atoms with E-state index in [0.717, 1.165) is 30.5 Å². The van der Waals surface area contributed by atoms with Gasteiger partial charge in [0, 0.05) is 17.1 Å². The highest BCUT2D eigenvalue weighted by atomic mass is 79.9. The summed E-state index contributed by atoms with van der Waals surface area (Å²) in [7, 11) is 0. The third kappa shape index (κ3) is 2.10. The Balaban J connectivity index is 2.39. The standard InChI is InChI=1S/C15H13BrFNO2/c1-7-2-3-12-8(4-7)14(15(19)20)9-5-10(16)11(17)6-13(9)18-12/h5-7H,2-4H2,1H3,(H,19,20). The van der Waals surface area contributed by atoms with E-state index in [0.29, 0.717) is 16.8 Å². The van der Waals surface area contributed by atoms with Crippen molar-refractivity contribution in [3.8, 4) is 0 Å². The first-order valence-electron chi connectivity index (χ1n) is 6.51. The lowest BCUT2D eigenvalue weighted by Crippen LogP contribution is -2.18. The summed E-state index contributed by atoms with van der Waals surface area (Å²) in [5.41, 5.74) is 2.30. The van der Waals surface area contributed by atoms with E-state index in [1.165, 1.54) is 12.1 Å². The molecule has 20 heavy (non-hydrogen) atoms. The van der Waals surface area contributed by atoms with Crippen molar-refractivity contribution in [1.82, 2.24) is 4.98 Å². The topological polar surface area (TPSA) is 50.2 Å². The summed E-state index contributed by atoms with van der Waals surface area (Å²) < 4.78 is 13.9. The Morgan fingerprint density at radius 1 is 1.50 bits per heavy atom. The van der Waals surface area contributed by atoms with Crippen LogP contribution < -0.4 is 0 Å². The van der Waals surface area contributed by atoms with Crippen molar-refractivity contribution in [2.75, 3.05) is 0 Å². The number of fused-ring (bicyclic) bond motifs is 2. The van der Waals surface area contributed by atoms with E-state index in [9.17, 15) is 14.3 Å². The average molecular weight is 338 g/mol. The van der Waals surface area contributed by atoms with E-state index >= 15 is 0 Å². The SMILES string of the molecule is CC1CCc2nc3cc(F)c(Br)cc3c(C(=O)O)c2C1. The molecule has 0 amide bonds. The average Bonchev–Trinajstić information content (AvgIpc) is 2.37. The quantitative estimate of drug-likeness (QED) is 0.856. The summed E-state index contributed by atoms with van der Waals surface area (Å²) in [4.78, 5) is 16.1. The molecule has 0 saturated carbocycles. The largest absolute Gasteiger partial charge is 0.478 e. The van der Waals surface area contributed by atoms with Gasteiger partial charge < -0.3 is 5.11 Å². The molecule has 0 saturated heterocycles. The van der Waals surface area contributed by atoms with Gasteiger partial charge in [0.1, 0.15) is 5.82 Å². The molecule has 1 aromatic heterocycles. The number of rotatable bonds is 1. The van der Waals surface area contributed by atoms with Crippen molar-refractivity contribution in [1.29, 1.82) is 0 Å². The van der Waals surface area contributed by atoms with Gasteiger partial charge in [0.25, 0.3) is 0 Å². The predicted molar refractivity (Wildman–Crippen MR) is 77.5 cm³/mol. The fourth-order valence-electron chi connectivity index (χ4n) is 2.85. The molecule has 3 rings (SSSR count). The van der Waals surface area contributed by atoms with Gasteiger partial charge >= 0.3 is 5.97 Å². The van der Waals surface area contributed by atoms with Crippen LogP contribution >= 0.6 is 15.9 Å². The van der Waals surface area contributed by atoms with Crippen molar-refractivity contribution in [2.24, 2.45) is 5.92 Å². The molecule has 0 fully saturated rings. The molecule has 104 valence electrons. The fraction of sp³-hybridized carbons (Fsp3) is 0.333. The molecule has 2 aromatic rings. The van der Waals surface area contributed by atoms with Gasteiger partial charge in [-0.25, -0.2) is 9.18 Å². The minimum Gasteiger partial charge on any atom is -0.478 e. The first-order chi connectivity index (χ1) is 9.47. The normalized spacial score (nSPS) is 18.1. The summed E-state index contributed by atoms with van der Waals surface area (Å²) in [6.07, 6.45) is 2.46. The monoisotopic (exact) mass is 337 g/mol. The lowest BCUT2D eigenvalue weighted by atomic mass is 9.84. The lowest BCUT2D eigenvalue weighted by Gasteiger charge is -2.23. The molecule has 1 atom stereocenters. The van der Waals surface area contributed by atoms with Crippen molar-refractivity contribution in [2.45, 2.75) is 26.2 Å². The Morgan fingerprint density at radius 2 is 2.25 bits per heavy atom. The molecule has 0 spiro atoms. The van der Waals surface area contributed by atoms with Gasteiger partial charge in [0.2, 0.25) is 0 Å². The highest BCUT2D eigenvalue weighted by Crippen LogP contribution is 2.33. The van der Waals surface area contributed by atoms with Crippen LogP contribution in [-0.2, 0) is 12.8 Å². The maximum absolute atomic E-state index is 13.6. The minimum atomic E-state index is -0.971. The van der Waals surface area contributed by atoms with E-state index < -0.39 is 11.8 Å². The van der Waals surface area contributed by atoms with Crippen molar-refractivity contribution >= 4 is 32.8 Å². The molecule has 1 N–H and O–H groups in total. The summed E-state index contributed by atoms with van der Waals surface area (Å²) in [5.74, 6) is -0.949. The number of carboxylic acids is 1. The number of carboxylic acid groups (broad SMARTS) is 1. The molecular formula is C15H13BrFNO2. The molecule has 1 aliphatic carbocycles. The molecule has 1 aliphatic rings. The van der Waals surface area contributed by atoms with Crippen molar-refractivity contribution in [3.63, 3.8) is 0 Å². The van der Waals surface area contributed by atoms with Gasteiger partial charge in [-0.1, -0.05) is 6.92 Å². The number of aryl methyl sites for hydroxylation is 1. The molecular weight excluding hydrogens is 325 g/mol. The van der Waals surface area contributed by atoms with Crippen LogP contribution in [0.25, 0.3) is 10.9 Å². The van der Waals surface area contributed by atoms with Crippen LogP contribution in [0.4, 0.5) is 4.39 Å². The first-order valence-corrected chi connectivity index (χ1v) is 7.30.